The molecule has 0 aliphatic heterocycles. The van der Waals surface area contributed by atoms with Crippen molar-refractivity contribution in [2.75, 3.05) is 0 Å². The number of rotatable bonds is 5. The Morgan fingerprint density at radius 1 is 1.40 bits per heavy atom. The fourth-order valence-corrected chi connectivity index (χ4v) is 1.55. The molecule has 1 unspecified atom stereocenters. The molecule has 0 bridgehead atoms. The predicted molar refractivity (Wildman–Crippen MR) is 56.1 cm³/mol. The third kappa shape index (κ3) is 3.57. The monoisotopic (exact) mass is 214 g/mol. The van der Waals surface area contributed by atoms with Crippen LogP contribution in [0.1, 0.15) is 25.3 Å². The maximum atomic E-state index is 13.3. The zero-order valence-corrected chi connectivity index (χ0v) is 8.76. The molecule has 0 radical (unpaired) electrons. The number of benzene rings is 1. The smallest absolute Gasteiger partial charge is 0.129 e. The highest BCUT2D eigenvalue weighted by Gasteiger charge is 2.10. The van der Waals surface area contributed by atoms with Crippen molar-refractivity contribution >= 4 is 0 Å². The van der Waals surface area contributed by atoms with Gasteiger partial charge in [-0.2, -0.15) is 0 Å². The molecule has 1 atom stereocenters. The molecular formula is C11H16F2N2. The molecule has 15 heavy (non-hydrogen) atoms. The maximum Gasteiger partial charge on any atom is 0.129 e. The van der Waals surface area contributed by atoms with Crippen molar-refractivity contribution in [3.63, 3.8) is 0 Å². The van der Waals surface area contributed by atoms with Crippen LogP contribution in [-0.2, 0) is 6.42 Å². The SMILES string of the molecule is CCCC(Cc1ccc(F)cc1F)NN. The van der Waals surface area contributed by atoms with E-state index >= 15 is 0 Å². The third-order valence-electron chi connectivity index (χ3n) is 2.35. The molecule has 0 heterocycles. The number of halogens is 2. The third-order valence-corrected chi connectivity index (χ3v) is 2.35. The summed E-state index contributed by atoms with van der Waals surface area (Å²) in [6, 6.07) is 3.66. The van der Waals surface area contributed by atoms with Gasteiger partial charge in [-0.05, 0) is 24.5 Å². The molecule has 0 aliphatic rings. The highest BCUT2D eigenvalue weighted by Crippen LogP contribution is 2.13. The Morgan fingerprint density at radius 3 is 2.67 bits per heavy atom. The Balaban J connectivity index is 2.70. The van der Waals surface area contributed by atoms with Crippen molar-refractivity contribution in [3.8, 4) is 0 Å². The van der Waals surface area contributed by atoms with E-state index in [1.165, 1.54) is 12.1 Å². The number of hydrogen-bond donors (Lipinski definition) is 2. The van der Waals surface area contributed by atoms with Crippen molar-refractivity contribution < 1.29 is 8.78 Å². The van der Waals surface area contributed by atoms with Gasteiger partial charge in [-0.25, -0.2) is 8.78 Å². The van der Waals surface area contributed by atoms with Crippen molar-refractivity contribution in [2.24, 2.45) is 5.84 Å². The molecule has 4 heteroatoms. The normalized spacial score (nSPS) is 12.8. The number of nitrogens with one attached hydrogen (secondary N) is 1. The van der Waals surface area contributed by atoms with E-state index in [1.54, 1.807) is 0 Å². The summed E-state index contributed by atoms with van der Waals surface area (Å²) in [6.45, 7) is 2.03. The Morgan fingerprint density at radius 2 is 2.13 bits per heavy atom. The van der Waals surface area contributed by atoms with E-state index in [2.05, 4.69) is 5.43 Å². The minimum atomic E-state index is -0.552. The maximum absolute atomic E-state index is 13.3. The quantitative estimate of drug-likeness (QED) is 0.582. The fourth-order valence-electron chi connectivity index (χ4n) is 1.55. The largest absolute Gasteiger partial charge is 0.271 e. The van der Waals surface area contributed by atoms with Gasteiger partial charge in [0.25, 0.3) is 0 Å². The molecule has 0 spiro atoms. The summed E-state index contributed by atoms with van der Waals surface area (Å²) < 4.78 is 25.9. The van der Waals surface area contributed by atoms with E-state index < -0.39 is 11.6 Å². The van der Waals surface area contributed by atoms with Gasteiger partial charge < -0.3 is 0 Å². The van der Waals surface area contributed by atoms with Crippen molar-refractivity contribution in [1.82, 2.24) is 5.43 Å². The summed E-state index contributed by atoms with van der Waals surface area (Å²) in [5, 5.41) is 0. The van der Waals surface area contributed by atoms with E-state index in [4.69, 9.17) is 5.84 Å². The summed E-state index contributed by atoms with van der Waals surface area (Å²) >= 11 is 0. The van der Waals surface area contributed by atoms with E-state index in [0.29, 0.717) is 12.0 Å². The molecule has 84 valence electrons. The summed E-state index contributed by atoms with van der Waals surface area (Å²) in [4.78, 5) is 0. The van der Waals surface area contributed by atoms with Crippen LogP contribution >= 0.6 is 0 Å². The van der Waals surface area contributed by atoms with E-state index in [9.17, 15) is 8.78 Å². The Labute approximate surface area is 88.4 Å². The lowest BCUT2D eigenvalue weighted by molar-refractivity contribution is 0.473. The van der Waals surface area contributed by atoms with Crippen molar-refractivity contribution in [2.45, 2.75) is 32.2 Å². The highest BCUT2D eigenvalue weighted by atomic mass is 19.1. The summed E-state index contributed by atoms with van der Waals surface area (Å²) in [6.07, 6.45) is 2.32. The molecular weight excluding hydrogens is 198 g/mol. The van der Waals surface area contributed by atoms with Crippen LogP contribution in [0.4, 0.5) is 8.78 Å². The van der Waals surface area contributed by atoms with Crippen LogP contribution in [0, 0.1) is 11.6 Å². The second kappa shape index (κ2) is 5.78. The average Bonchev–Trinajstić information content (AvgIpc) is 2.21. The first-order valence-electron chi connectivity index (χ1n) is 5.07. The summed E-state index contributed by atoms with van der Waals surface area (Å²) in [5.74, 6) is 4.28. The lowest BCUT2D eigenvalue weighted by Crippen LogP contribution is -2.36. The van der Waals surface area contributed by atoms with E-state index in [1.807, 2.05) is 6.92 Å². The molecule has 1 rings (SSSR count). The van der Waals surface area contributed by atoms with Gasteiger partial charge in [-0.3, -0.25) is 11.3 Å². The van der Waals surface area contributed by atoms with Gasteiger partial charge in [-0.1, -0.05) is 19.4 Å². The molecule has 0 fully saturated rings. The van der Waals surface area contributed by atoms with Crippen LogP contribution in [0.3, 0.4) is 0 Å². The van der Waals surface area contributed by atoms with E-state index in [0.717, 1.165) is 18.9 Å². The van der Waals surface area contributed by atoms with E-state index in [-0.39, 0.29) is 6.04 Å². The first kappa shape index (κ1) is 12.1. The Kier molecular flexibility index (Phi) is 4.65. The number of nitrogens with two attached hydrogens (primary N) is 1. The molecule has 3 N–H and O–H groups in total. The molecule has 0 saturated heterocycles. The fraction of sp³-hybridized carbons (Fsp3) is 0.455. The van der Waals surface area contributed by atoms with Crippen LogP contribution in [0.15, 0.2) is 18.2 Å². The topological polar surface area (TPSA) is 38.0 Å². The Bertz CT molecular complexity index is 315. The van der Waals surface area contributed by atoms with Crippen molar-refractivity contribution in [3.05, 3.63) is 35.4 Å². The second-order valence-electron chi connectivity index (χ2n) is 3.59. The predicted octanol–water partition coefficient (Wildman–Crippen LogP) is 2.14. The highest BCUT2D eigenvalue weighted by molar-refractivity contribution is 5.19. The zero-order chi connectivity index (χ0) is 11.3. The van der Waals surface area contributed by atoms with Crippen LogP contribution in [-0.4, -0.2) is 6.04 Å². The van der Waals surface area contributed by atoms with Gasteiger partial charge in [0.2, 0.25) is 0 Å². The van der Waals surface area contributed by atoms with Crippen molar-refractivity contribution in [1.29, 1.82) is 0 Å². The molecule has 1 aromatic rings. The van der Waals surface area contributed by atoms with Gasteiger partial charge in [0.05, 0.1) is 0 Å². The van der Waals surface area contributed by atoms with Gasteiger partial charge >= 0.3 is 0 Å². The molecule has 1 aromatic carbocycles. The first-order valence-corrected chi connectivity index (χ1v) is 5.07. The average molecular weight is 214 g/mol. The molecule has 0 saturated carbocycles. The molecule has 2 nitrogen and oxygen atoms in total. The summed E-state index contributed by atoms with van der Waals surface area (Å²) in [7, 11) is 0. The van der Waals surface area contributed by atoms with Gasteiger partial charge in [-0.15, -0.1) is 0 Å². The van der Waals surface area contributed by atoms with Gasteiger partial charge in [0.15, 0.2) is 0 Å². The first-order chi connectivity index (χ1) is 7.17. The van der Waals surface area contributed by atoms with Crippen LogP contribution < -0.4 is 11.3 Å². The lowest BCUT2D eigenvalue weighted by atomic mass is 10.0. The van der Waals surface area contributed by atoms with Gasteiger partial charge in [0.1, 0.15) is 11.6 Å². The lowest BCUT2D eigenvalue weighted by Gasteiger charge is -2.15. The molecule has 0 aromatic heterocycles. The number of hydrazine groups is 1. The minimum Gasteiger partial charge on any atom is -0.271 e. The van der Waals surface area contributed by atoms with Crippen LogP contribution in [0.2, 0.25) is 0 Å². The summed E-state index contributed by atoms with van der Waals surface area (Å²) in [5.41, 5.74) is 3.13. The standard InChI is InChI=1S/C11H16F2N2/c1-2-3-10(15-14)6-8-4-5-9(12)7-11(8)13/h4-5,7,10,15H,2-3,6,14H2,1H3. The van der Waals surface area contributed by atoms with Gasteiger partial charge in [0, 0.05) is 12.1 Å². The molecule has 0 amide bonds. The molecule has 0 aliphatic carbocycles. The minimum absolute atomic E-state index is 0.0370. The number of hydrogen-bond acceptors (Lipinski definition) is 2. The zero-order valence-electron chi connectivity index (χ0n) is 8.76. The second-order valence-corrected chi connectivity index (χ2v) is 3.59. The Hall–Kier alpha value is -1.00. The van der Waals surface area contributed by atoms with Crippen LogP contribution in [0.5, 0.6) is 0 Å². The van der Waals surface area contributed by atoms with Crippen LogP contribution in [0.25, 0.3) is 0 Å².